The molecule has 0 saturated heterocycles. The second-order valence-corrected chi connectivity index (χ2v) is 6.40. The standard InChI is InChI=1S/C22H18N4O2/c23-17-7-5-16(6-8-17)13-25-14-21(19-3-1-2-4-20(19)25)26(22(28)15-27)18-9-11-24-12-10-18/h1-12,14-15H,13,23H2. The van der Waals surface area contributed by atoms with Crippen molar-refractivity contribution in [1.29, 1.82) is 0 Å². The normalized spacial score (nSPS) is 10.7. The van der Waals surface area contributed by atoms with Gasteiger partial charge in [-0.1, -0.05) is 30.3 Å². The maximum atomic E-state index is 12.5. The van der Waals surface area contributed by atoms with Crippen molar-refractivity contribution in [3.05, 3.63) is 84.8 Å². The number of aromatic nitrogens is 2. The Labute approximate surface area is 161 Å². The Kier molecular flexibility index (Phi) is 4.60. The average Bonchev–Trinajstić information content (AvgIpc) is 3.09. The Balaban J connectivity index is 1.85. The molecule has 6 heteroatoms. The van der Waals surface area contributed by atoms with E-state index in [1.165, 1.54) is 4.90 Å². The van der Waals surface area contributed by atoms with E-state index in [9.17, 15) is 9.59 Å². The molecule has 4 aromatic rings. The fourth-order valence-corrected chi connectivity index (χ4v) is 3.29. The molecule has 0 spiro atoms. The van der Waals surface area contributed by atoms with Crippen LogP contribution in [0, 0.1) is 0 Å². The lowest BCUT2D eigenvalue weighted by molar-refractivity contribution is -0.129. The number of benzene rings is 2. The molecule has 0 atom stereocenters. The van der Waals surface area contributed by atoms with Crippen LogP contribution in [0.3, 0.4) is 0 Å². The van der Waals surface area contributed by atoms with E-state index in [0.717, 1.165) is 16.5 Å². The molecule has 0 aliphatic heterocycles. The summed E-state index contributed by atoms with van der Waals surface area (Å²) in [5.74, 6) is -0.637. The summed E-state index contributed by atoms with van der Waals surface area (Å²) < 4.78 is 2.06. The summed E-state index contributed by atoms with van der Waals surface area (Å²) in [4.78, 5) is 29.2. The predicted octanol–water partition coefficient (Wildman–Crippen LogP) is 3.53. The molecule has 2 aromatic carbocycles. The van der Waals surface area contributed by atoms with Crippen molar-refractivity contribution >= 4 is 40.2 Å². The number of hydrogen-bond acceptors (Lipinski definition) is 4. The lowest BCUT2D eigenvalue weighted by Crippen LogP contribution is -2.26. The lowest BCUT2D eigenvalue weighted by atomic mass is 10.2. The highest BCUT2D eigenvalue weighted by Crippen LogP contribution is 2.34. The van der Waals surface area contributed by atoms with Crippen LogP contribution in [-0.2, 0) is 16.1 Å². The second-order valence-electron chi connectivity index (χ2n) is 6.40. The van der Waals surface area contributed by atoms with Gasteiger partial charge in [-0.3, -0.25) is 19.5 Å². The van der Waals surface area contributed by atoms with Crippen LogP contribution in [0.25, 0.3) is 10.9 Å². The zero-order valence-electron chi connectivity index (χ0n) is 15.0. The van der Waals surface area contributed by atoms with Crippen LogP contribution in [0.5, 0.6) is 0 Å². The van der Waals surface area contributed by atoms with Crippen molar-refractivity contribution in [1.82, 2.24) is 9.55 Å². The molecule has 28 heavy (non-hydrogen) atoms. The van der Waals surface area contributed by atoms with Gasteiger partial charge >= 0.3 is 0 Å². The first kappa shape index (κ1) is 17.5. The number of fused-ring (bicyclic) bond motifs is 1. The molecular formula is C22H18N4O2. The molecule has 2 aromatic heterocycles. The van der Waals surface area contributed by atoms with Crippen molar-refractivity contribution in [3.63, 3.8) is 0 Å². The summed E-state index contributed by atoms with van der Waals surface area (Å²) in [6.45, 7) is 0.611. The molecule has 2 heterocycles. The maximum Gasteiger partial charge on any atom is 0.295 e. The van der Waals surface area contributed by atoms with Crippen LogP contribution < -0.4 is 10.6 Å². The van der Waals surface area contributed by atoms with Gasteiger partial charge in [0.15, 0.2) is 0 Å². The number of nitrogen functional groups attached to an aromatic ring is 1. The minimum absolute atomic E-state index is 0.326. The molecule has 138 valence electrons. The maximum absolute atomic E-state index is 12.5. The smallest absolute Gasteiger partial charge is 0.295 e. The van der Waals surface area contributed by atoms with Crippen LogP contribution in [0.4, 0.5) is 17.1 Å². The molecule has 0 aliphatic rings. The molecule has 0 unspecified atom stereocenters. The van der Waals surface area contributed by atoms with Gasteiger partial charge in [0.05, 0.1) is 16.9 Å². The third-order valence-corrected chi connectivity index (χ3v) is 4.58. The van der Waals surface area contributed by atoms with E-state index >= 15 is 0 Å². The number of aldehydes is 1. The van der Waals surface area contributed by atoms with Gasteiger partial charge in [0.25, 0.3) is 5.91 Å². The Morgan fingerprint density at radius 3 is 2.46 bits per heavy atom. The molecule has 0 aliphatic carbocycles. The second kappa shape index (κ2) is 7.36. The monoisotopic (exact) mass is 370 g/mol. The van der Waals surface area contributed by atoms with E-state index in [1.807, 2.05) is 54.7 Å². The van der Waals surface area contributed by atoms with Gasteiger partial charge < -0.3 is 10.3 Å². The minimum Gasteiger partial charge on any atom is -0.399 e. The molecule has 2 N–H and O–H groups in total. The van der Waals surface area contributed by atoms with Crippen molar-refractivity contribution in [3.8, 4) is 0 Å². The first-order valence-electron chi connectivity index (χ1n) is 8.79. The number of hydrogen-bond donors (Lipinski definition) is 1. The van der Waals surface area contributed by atoms with Crippen molar-refractivity contribution in [2.24, 2.45) is 0 Å². The number of pyridine rings is 1. The molecule has 0 radical (unpaired) electrons. The van der Waals surface area contributed by atoms with Crippen molar-refractivity contribution < 1.29 is 9.59 Å². The number of carbonyl (C=O) groups excluding carboxylic acids is 2. The highest BCUT2D eigenvalue weighted by atomic mass is 16.2. The van der Waals surface area contributed by atoms with E-state index in [4.69, 9.17) is 5.73 Å². The van der Waals surface area contributed by atoms with Gasteiger partial charge in [-0.2, -0.15) is 0 Å². The number of para-hydroxylation sites is 1. The van der Waals surface area contributed by atoms with Gasteiger partial charge in [0, 0.05) is 36.2 Å². The number of rotatable bonds is 5. The number of amides is 1. The number of nitrogens with two attached hydrogens (primary N) is 1. The Morgan fingerprint density at radius 2 is 1.75 bits per heavy atom. The Bertz CT molecular complexity index is 1130. The van der Waals surface area contributed by atoms with Crippen molar-refractivity contribution in [2.75, 3.05) is 10.6 Å². The van der Waals surface area contributed by atoms with Gasteiger partial charge in [0.2, 0.25) is 6.29 Å². The number of anilines is 3. The minimum atomic E-state index is -0.637. The summed E-state index contributed by atoms with van der Waals surface area (Å²) in [5, 5.41) is 0.880. The summed E-state index contributed by atoms with van der Waals surface area (Å²) in [6, 6.07) is 18.9. The lowest BCUT2D eigenvalue weighted by Gasteiger charge is -2.19. The Morgan fingerprint density at radius 1 is 1.04 bits per heavy atom. The molecule has 0 bridgehead atoms. The van der Waals surface area contributed by atoms with E-state index in [0.29, 0.717) is 29.9 Å². The van der Waals surface area contributed by atoms with Gasteiger partial charge in [-0.25, -0.2) is 0 Å². The van der Waals surface area contributed by atoms with E-state index in [2.05, 4.69) is 9.55 Å². The molecule has 4 rings (SSSR count). The predicted molar refractivity (Wildman–Crippen MR) is 109 cm³/mol. The Hall–Kier alpha value is -3.93. The van der Waals surface area contributed by atoms with E-state index < -0.39 is 5.91 Å². The first-order chi connectivity index (χ1) is 13.7. The molecule has 6 nitrogen and oxygen atoms in total. The van der Waals surface area contributed by atoms with Crippen molar-refractivity contribution in [2.45, 2.75) is 6.54 Å². The highest BCUT2D eigenvalue weighted by Gasteiger charge is 2.22. The van der Waals surface area contributed by atoms with Crippen LogP contribution in [0.1, 0.15) is 5.56 Å². The topological polar surface area (TPSA) is 81.2 Å². The van der Waals surface area contributed by atoms with Gasteiger partial charge in [0.1, 0.15) is 0 Å². The number of carbonyl (C=O) groups is 2. The summed E-state index contributed by atoms with van der Waals surface area (Å²) in [5.41, 5.74) is 9.77. The zero-order valence-corrected chi connectivity index (χ0v) is 15.0. The molecular weight excluding hydrogens is 352 g/mol. The quantitative estimate of drug-likeness (QED) is 0.331. The fourth-order valence-electron chi connectivity index (χ4n) is 3.29. The molecule has 0 fully saturated rings. The molecule has 0 saturated carbocycles. The van der Waals surface area contributed by atoms with Crippen LogP contribution in [0.2, 0.25) is 0 Å². The number of nitrogens with zero attached hydrogens (tertiary/aromatic N) is 3. The summed E-state index contributed by atoms with van der Waals surface area (Å²) >= 11 is 0. The third kappa shape index (κ3) is 3.23. The largest absolute Gasteiger partial charge is 0.399 e. The summed E-state index contributed by atoms with van der Waals surface area (Å²) in [6.07, 6.45) is 5.40. The average molecular weight is 370 g/mol. The van der Waals surface area contributed by atoms with Gasteiger partial charge in [-0.15, -0.1) is 0 Å². The first-order valence-corrected chi connectivity index (χ1v) is 8.79. The zero-order chi connectivity index (χ0) is 19.5. The SMILES string of the molecule is Nc1ccc(Cn2cc(N(C(=O)C=O)c3ccncc3)c3ccccc32)cc1. The van der Waals surface area contributed by atoms with E-state index in [-0.39, 0.29) is 0 Å². The van der Waals surface area contributed by atoms with Crippen LogP contribution in [-0.4, -0.2) is 21.7 Å². The van der Waals surface area contributed by atoms with Crippen LogP contribution >= 0.6 is 0 Å². The fraction of sp³-hybridized carbons (Fsp3) is 0.0455. The van der Waals surface area contributed by atoms with Gasteiger partial charge in [-0.05, 0) is 35.9 Å². The third-order valence-electron chi connectivity index (χ3n) is 4.58. The summed E-state index contributed by atoms with van der Waals surface area (Å²) in [7, 11) is 0. The molecule has 1 amide bonds. The van der Waals surface area contributed by atoms with Crippen LogP contribution in [0.15, 0.2) is 79.3 Å². The van der Waals surface area contributed by atoms with E-state index in [1.54, 1.807) is 24.5 Å². The highest BCUT2D eigenvalue weighted by molar-refractivity contribution is 6.33.